The van der Waals surface area contributed by atoms with Crippen molar-refractivity contribution in [2.24, 2.45) is 11.8 Å². The van der Waals surface area contributed by atoms with E-state index in [4.69, 9.17) is 4.74 Å². The Hall–Kier alpha value is -5.27. The first-order valence-corrected chi connectivity index (χ1v) is 17.3. The van der Waals surface area contributed by atoms with E-state index < -0.39 is 77.1 Å². The minimum atomic E-state index is -1.85. The van der Waals surface area contributed by atoms with E-state index >= 15 is 0 Å². The fourth-order valence-electron chi connectivity index (χ4n) is 6.62. The molecule has 4 N–H and O–H groups in total. The third-order valence-electron chi connectivity index (χ3n) is 9.44. The Morgan fingerprint density at radius 3 is 2.13 bits per heavy atom. The van der Waals surface area contributed by atoms with E-state index in [-0.39, 0.29) is 30.7 Å². The molecule has 10 nitrogen and oxygen atoms in total. The number of para-hydroxylation sites is 1. The van der Waals surface area contributed by atoms with Gasteiger partial charge in [-0.15, -0.1) is 0 Å². The molecule has 3 aromatic rings. The predicted octanol–water partition coefficient (Wildman–Crippen LogP) is 4.89. The van der Waals surface area contributed by atoms with Gasteiger partial charge in [0.15, 0.2) is 23.2 Å². The van der Waals surface area contributed by atoms with Gasteiger partial charge in [0.2, 0.25) is 23.4 Å². The Bertz CT molecular complexity index is 1760. The Morgan fingerprint density at radius 2 is 1.46 bits per heavy atom. The molecule has 1 heterocycles. The number of amides is 4. The molecule has 0 spiro atoms. The Kier molecular flexibility index (Phi) is 13.0. The lowest BCUT2D eigenvalue weighted by Gasteiger charge is -2.28. The molecule has 4 amide bonds. The molecule has 0 radical (unpaired) electrons. The molecule has 1 saturated carbocycles. The average Bonchev–Trinajstić information content (AvgIpc) is 3.55. The van der Waals surface area contributed by atoms with Crippen LogP contribution in [0.15, 0.2) is 60.7 Å². The summed E-state index contributed by atoms with van der Waals surface area (Å²) in [5, 5.41) is 10.3. The van der Waals surface area contributed by atoms with Gasteiger partial charge in [-0.1, -0.05) is 80.6 Å². The van der Waals surface area contributed by atoms with Gasteiger partial charge >= 0.3 is 11.8 Å². The maximum atomic E-state index is 14.2. The van der Waals surface area contributed by atoms with Crippen LogP contribution in [0, 0.1) is 35.1 Å². The average molecular weight is 725 g/mol. The molecule has 52 heavy (non-hydrogen) atoms. The molecule has 3 atom stereocenters. The topological polar surface area (TPSA) is 143 Å². The van der Waals surface area contributed by atoms with Crippen LogP contribution in [-0.4, -0.2) is 54.6 Å². The van der Waals surface area contributed by atoms with E-state index in [1.165, 1.54) is 0 Å². The number of benzene rings is 3. The predicted molar refractivity (Wildman–Crippen MR) is 182 cm³/mol. The first kappa shape index (κ1) is 38.0. The van der Waals surface area contributed by atoms with E-state index in [2.05, 4.69) is 21.3 Å². The molecule has 0 aromatic heterocycles. The normalized spacial score (nSPS) is 17.1. The standard InChI is InChI=1S/C38H40F4N4O6/c39-26-20-27(40)33(42)34(32(26)41)52-21-31(47)29(19-25-15-16-43-35(25)48)45-36(49)30(18-23-11-5-2-6-12-23)46-38(51)37(50)44-28-14-8-7-13-24(28)17-22-9-3-1-4-10-22/h1,3-4,7-10,13-14,20,23,25,29-30H,2,5-6,11-12,15-19,21H2,(H,43,48)(H,44,50)(H,45,49)(H,46,51)/t25-,29-,30-/m0/s1. The number of carbonyl (C=O) groups is 5. The van der Waals surface area contributed by atoms with E-state index in [1.807, 2.05) is 36.4 Å². The van der Waals surface area contributed by atoms with Gasteiger partial charge in [0.05, 0.1) is 6.04 Å². The van der Waals surface area contributed by atoms with Gasteiger partial charge in [-0.05, 0) is 48.8 Å². The van der Waals surface area contributed by atoms with E-state index in [1.54, 1.807) is 18.2 Å². The van der Waals surface area contributed by atoms with Crippen LogP contribution in [0.4, 0.5) is 23.2 Å². The zero-order chi connectivity index (χ0) is 37.2. The smallest absolute Gasteiger partial charge is 0.313 e. The summed E-state index contributed by atoms with van der Waals surface area (Å²) in [6.07, 6.45) is 5.12. The largest absolute Gasteiger partial charge is 0.479 e. The Balaban J connectivity index is 1.31. The summed E-state index contributed by atoms with van der Waals surface area (Å²) in [7, 11) is 0. The summed E-state index contributed by atoms with van der Waals surface area (Å²) in [4.78, 5) is 66.2. The highest BCUT2D eigenvalue weighted by Crippen LogP contribution is 2.29. The number of halogens is 4. The van der Waals surface area contributed by atoms with Crippen LogP contribution in [0.2, 0.25) is 0 Å². The van der Waals surface area contributed by atoms with Crippen molar-refractivity contribution in [3.63, 3.8) is 0 Å². The Labute approximate surface area is 298 Å². The number of Topliss-reactive ketones (excluding diaryl/α,β-unsaturated/α-hetero) is 1. The van der Waals surface area contributed by atoms with Gasteiger partial charge in [0.25, 0.3) is 0 Å². The lowest BCUT2D eigenvalue weighted by Crippen LogP contribution is -2.55. The van der Waals surface area contributed by atoms with Crippen molar-refractivity contribution in [2.45, 2.75) is 69.9 Å². The number of ether oxygens (including phenoxy) is 1. The molecule has 3 aromatic carbocycles. The number of hydrogen-bond donors (Lipinski definition) is 4. The van der Waals surface area contributed by atoms with Crippen molar-refractivity contribution in [1.29, 1.82) is 0 Å². The van der Waals surface area contributed by atoms with Crippen LogP contribution in [-0.2, 0) is 30.4 Å². The van der Waals surface area contributed by atoms with Gasteiger partial charge in [0.1, 0.15) is 12.6 Å². The van der Waals surface area contributed by atoms with Crippen molar-refractivity contribution in [2.75, 3.05) is 18.5 Å². The fraction of sp³-hybridized carbons (Fsp3) is 0.395. The van der Waals surface area contributed by atoms with Gasteiger partial charge in [0, 0.05) is 24.2 Å². The van der Waals surface area contributed by atoms with Crippen molar-refractivity contribution < 1.29 is 46.3 Å². The molecular formula is C38H40F4N4O6. The molecular weight excluding hydrogens is 684 g/mol. The molecule has 0 unspecified atom stereocenters. The molecule has 14 heteroatoms. The van der Waals surface area contributed by atoms with E-state index in [9.17, 15) is 41.5 Å². The zero-order valence-corrected chi connectivity index (χ0v) is 28.3. The zero-order valence-electron chi connectivity index (χ0n) is 28.3. The van der Waals surface area contributed by atoms with E-state index in [0.29, 0.717) is 25.1 Å². The summed E-state index contributed by atoms with van der Waals surface area (Å²) in [5.41, 5.74) is 2.15. The fourth-order valence-corrected chi connectivity index (χ4v) is 6.62. The molecule has 1 aliphatic carbocycles. The molecule has 5 rings (SSSR count). The second-order valence-electron chi connectivity index (χ2n) is 13.2. The maximum Gasteiger partial charge on any atom is 0.313 e. The van der Waals surface area contributed by atoms with Crippen LogP contribution in [0.25, 0.3) is 0 Å². The van der Waals surface area contributed by atoms with Gasteiger partial charge in [-0.3, -0.25) is 24.0 Å². The van der Waals surface area contributed by atoms with Crippen LogP contribution >= 0.6 is 0 Å². The summed E-state index contributed by atoms with van der Waals surface area (Å²) in [5.74, 6) is -13.6. The summed E-state index contributed by atoms with van der Waals surface area (Å²) >= 11 is 0. The van der Waals surface area contributed by atoms with Crippen LogP contribution in [0.3, 0.4) is 0 Å². The quantitative estimate of drug-likeness (QED) is 0.106. The van der Waals surface area contributed by atoms with E-state index in [0.717, 1.165) is 43.2 Å². The van der Waals surface area contributed by atoms with Crippen molar-refractivity contribution >= 4 is 35.1 Å². The third-order valence-corrected chi connectivity index (χ3v) is 9.44. The van der Waals surface area contributed by atoms with Crippen LogP contribution < -0.4 is 26.0 Å². The van der Waals surface area contributed by atoms with Crippen molar-refractivity contribution in [3.8, 4) is 5.75 Å². The monoisotopic (exact) mass is 724 g/mol. The number of rotatable bonds is 14. The molecule has 2 aliphatic rings. The molecule has 2 fully saturated rings. The summed E-state index contributed by atoms with van der Waals surface area (Å²) < 4.78 is 60.9. The lowest BCUT2D eigenvalue weighted by molar-refractivity contribution is -0.138. The van der Waals surface area contributed by atoms with Crippen LogP contribution in [0.1, 0.15) is 62.5 Å². The summed E-state index contributed by atoms with van der Waals surface area (Å²) in [6.45, 7) is -0.793. The summed E-state index contributed by atoms with van der Waals surface area (Å²) in [6, 6.07) is 13.8. The first-order chi connectivity index (χ1) is 25.0. The van der Waals surface area contributed by atoms with Crippen molar-refractivity contribution in [1.82, 2.24) is 16.0 Å². The molecule has 1 aliphatic heterocycles. The molecule has 276 valence electrons. The van der Waals surface area contributed by atoms with Crippen molar-refractivity contribution in [3.05, 3.63) is 95.1 Å². The second kappa shape index (κ2) is 17.8. The van der Waals surface area contributed by atoms with Gasteiger partial charge in [-0.25, -0.2) is 8.78 Å². The lowest BCUT2D eigenvalue weighted by atomic mass is 9.84. The maximum absolute atomic E-state index is 14.2. The minimum absolute atomic E-state index is 0.00834. The number of carbonyl (C=O) groups excluding carboxylic acids is 5. The highest BCUT2D eigenvalue weighted by atomic mass is 19.2. The second-order valence-corrected chi connectivity index (χ2v) is 13.2. The first-order valence-electron chi connectivity index (χ1n) is 17.3. The molecule has 1 saturated heterocycles. The molecule has 0 bridgehead atoms. The Morgan fingerprint density at radius 1 is 0.788 bits per heavy atom. The minimum Gasteiger partial charge on any atom is -0.479 e. The number of anilines is 1. The van der Waals surface area contributed by atoms with Crippen LogP contribution in [0.5, 0.6) is 5.75 Å². The SMILES string of the molecule is O=C(Nc1ccccc1Cc1ccccc1)C(=O)N[C@@H](CC1CCCCC1)C(=O)N[C@@H](C[C@@H]1CCNC1=O)C(=O)COc1c(F)c(F)cc(F)c1F. The number of nitrogens with one attached hydrogen (secondary N) is 4. The van der Waals surface area contributed by atoms with Gasteiger partial charge < -0.3 is 26.0 Å². The highest BCUT2D eigenvalue weighted by molar-refractivity contribution is 6.40. The highest BCUT2D eigenvalue weighted by Gasteiger charge is 2.35. The number of ketones is 1. The number of hydrogen-bond acceptors (Lipinski definition) is 6. The van der Waals surface area contributed by atoms with Gasteiger partial charge in [-0.2, -0.15) is 8.78 Å². The third kappa shape index (κ3) is 9.95.